The normalized spacial score (nSPS) is 24.6. The maximum absolute atomic E-state index is 12.5. The molecule has 12 heteroatoms. The van der Waals surface area contributed by atoms with Crippen LogP contribution in [0.4, 0.5) is 8.78 Å². The number of rotatable bonds is 5. The lowest BCUT2D eigenvalue weighted by atomic mass is 9.91. The molecule has 0 aromatic heterocycles. The van der Waals surface area contributed by atoms with E-state index in [1.54, 1.807) is 10.8 Å². The first-order valence-corrected chi connectivity index (χ1v) is 9.22. The van der Waals surface area contributed by atoms with Gasteiger partial charge in [0, 0.05) is 19.6 Å². The summed E-state index contributed by atoms with van der Waals surface area (Å²) >= 11 is 11.8. The summed E-state index contributed by atoms with van der Waals surface area (Å²) in [7, 11) is -4.84. The molecule has 1 aliphatic rings. The molecule has 0 amide bonds. The number of benzene rings is 1. The Morgan fingerprint density at radius 3 is 2.68 bits per heavy atom. The highest BCUT2D eigenvalue weighted by Crippen LogP contribution is 2.34. The van der Waals surface area contributed by atoms with E-state index in [2.05, 4.69) is 5.32 Å². The van der Waals surface area contributed by atoms with Gasteiger partial charge in [0.05, 0.1) is 16.7 Å². The quantitative estimate of drug-likeness (QED) is 0.650. The number of alkyl halides is 2. The molecule has 0 radical (unpaired) electrons. The predicted molar refractivity (Wildman–Crippen MR) is 93.1 cm³/mol. The van der Waals surface area contributed by atoms with E-state index in [1.807, 2.05) is 0 Å². The molecule has 144 valence electrons. The summed E-state index contributed by atoms with van der Waals surface area (Å²) in [6.07, 6.45) is -0.984. The molecular weight excluding hydrogens is 425 g/mol. The maximum atomic E-state index is 12.5. The van der Waals surface area contributed by atoms with Crippen LogP contribution in [0.2, 0.25) is 10.0 Å². The van der Waals surface area contributed by atoms with Crippen molar-refractivity contribution in [2.45, 2.75) is 17.5 Å². The minimum absolute atomic E-state index is 0. The first kappa shape index (κ1) is 22.8. The Morgan fingerprint density at radius 2 is 2.08 bits per heavy atom. The highest BCUT2D eigenvalue weighted by Gasteiger charge is 2.42. The Morgan fingerprint density at radius 1 is 1.40 bits per heavy atom. The number of ether oxygens (including phenoxy) is 1. The van der Waals surface area contributed by atoms with E-state index in [0.29, 0.717) is 17.1 Å². The van der Waals surface area contributed by atoms with E-state index in [9.17, 15) is 22.3 Å². The molecule has 1 saturated heterocycles. The molecule has 2 unspecified atom stereocenters. The van der Waals surface area contributed by atoms with Crippen LogP contribution in [0, 0.1) is 0 Å². The molecule has 1 aromatic carbocycles. The molecule has 1 aromatic rings. The number of nitrogens with one attached hydrogen (secondary N) is 2. The highest BCUT2D eigenvalue weighted by molar-refractivity contribution is 7.89. The first-order chi connectivity index (χ1) is 11.2. The van der Waals surface area contributed by atoms with Crippen LogP contribution in [-0.2, 0) is 14.8 Å². The van der Waals surface area contributed by atoms with Crippen LogP contribution in [0.15, 0.2) is 18.2 Å². The molecular formula is C13H17Cl3F2N2O4S. The van der Waals surface area contributed by atoms with Crippen LogP contribution in [-0.4, -0.2) is 51.1 Å². The topological polar surface area (TPSA) is 87.7 Å². The largest absolute Gasteiger partial charge is 0.384 e. The molecule has 0 bridgehead atoms. The summed E-state index contributed by atoms with van der Waals surface area (Å²) in [6, 6.07) is 4.55. The fourth-order valence-corrected chi connectivity index (χ4v) is 3.21. The SMILES string of the molecule is Cl.O=S(=O)(NCC1(O)CNCCOC1c1ccc(Cl)c(Cl)c1)C(F)F. The van der Waals surface area contributed by atoms with Crippen LogP contribution in [0.1, 0.15) is 11.7 Å². The summed E-state index contributed by atoms with van der Waals surface area (Å²) in [5, 5.41) is 14.2. The van der Waals surface area contributed by atoms with Gasteiger partial charge in [0.2, 0.25) is 0 Å². The average molecular weight is 442 g/mol. The number of β-amino-alcohol motifs (C(OH)–C–C–N with tert-alkyl or cyclic N) is 1. The lowest BCUT2D eigenvalue weighted by molar-refractivity contribution is -0.0909. The predicted octanol–water partition coefficient (Wildman–Crippen LogP) is 1.95. The van der Waals surface area contributed by atoms with Gasteiger partial charge in [-0.25, -0.2) is 13.1 Å². The van der Waals surface area contributed by atoms with Crippen molar-refractivity contribution in [2.75, 3.05) is 26.2 Å². The van der Waals surface area contributed by atoms with Gasteiger partial charge < -0.3 is 15.2 Å². The Kier molecular flexibility index (Phi) is 8.29. The number of sulfonamides is 1. The van der Waals surface area contributed by atoms with Crippen LogP contribution < -0.4 is 10.0 Å². The van der Waals surface area contributed by atoms with Gasteiger partial charge in [-0.3, -0.25) is 0 Å². The van der Waals surface area contributed by atoms with E-state index < -0.39 is 34.0 Å². The second kappa shape index (κ2) is 9.09. The fraction of sp³-hybridized carbons (Fsp3) is 0.538. The highest BCUT2D eigenvalue weighted by atomic mass is 35.5. The minimum atomic E-state index is -4.84. The second-order valence-corrected chi connectivity index (χ2v) is 7.88. The molecule has 0 spiro atoms. The minimum Gasteiger partial charge on any atom is -0.384 e. The van der Waals surface area contributed by atoms with Gasteiger partial charge in [-0.2, -0.15) is 8.78 Å². The summed E-state index contributed by atoms with van der Waals surface area (Å²) < 4.78 is 54.8. The van der Waals surface area contributed by atoms with Crippen molar-refractivity contribution >= 4 is 45.6 Å². The fourth-order valence-electron chi connectivity index (χ4n) is 2.33. The summed E-state index contributed by atoms with van der Waals surface area (Å²) in [5.41, 5.74) is -1.35. The van der Waals surface area contributed by atoms with Crippen molar-refractivity contribution in [3.8, 4) is 0 Å². The van der Waals surface area contributed by atoms with Crippen LogP contribution in [0.25, 0.3) is 0 Å². The Balaban J connectivity index is 0.00000312. The summed E-state index contributed by atoms with van der Waals surface area (Å²) in [4.78, 5) is 0. The van der Waals surface area contributed by atoms with Gasteiger partial charge in [0.15, 0.2) is 0 Å². The van der Waals surface area contributed by atoms with Crippen molar-refractivity contribution < 1.29 is 27.0 Å². The average Bonchev–Trinajstić information content (AvgIpc) is 2.70. The molecule has 3 N–H and O–H groups in total. The zero-order valence-electron chi connectivity index (χ0n) is 12.7. The summed E-state index contributed by atoms with van der Waals surface area (Å²) in [5.74, 6) is -3.59. The monoisotopic (exact) mass is 440 g/mol. The Hall–Kier alpha value is -0.260. The lowest BCUT2D eigenvalue weighted by Crippen LogP contribution is -2.53. The van der Waals surface area contributed by atoms with Crippen molar-refractivity contribution in [2.24, 2.45) is 0 Å². The van der Waals surface area contributed by atoms with Crippen LogP contribution in [0.5, 0.6) is 0 Å². The smallest absolute Gasteiger partial charge is 0.350 e. The molecule has 2 atom stereocenters. The van der Waals surface area contributed by atoms with Gasteiger partial charge in [0.1, 0.15) is 11.7 Å². The standard InChI is InChI=1S/C13H16Cl2F2N2O4S.ClH/c14-9-2-1-8(5-10(9)15)11-13(20,6-18-3-4-23-11)7-19-24(21,22)12(16)17;/h1-2,5,11-12,18-20H,3-4,6-7H2;1H. The van der Waals surface area contributed by atoms with E-state index >= 15 is 0 Å². The van der Waals surface area contributed by atoms with E-state index in [-0.39, 0.29) is 30.6 Å². The summed E-state index contributed by atoms with van der Waals surface area (Å²) in [6.45, 7) is -0.0855. The molecule has 6 nitrogen and oxygen atoms in total. The van der Waals surface area contributed by atoms with E-state index in [1.165, 1.54) is 12.1 Å². The third-order valence-corrected chi connectivity index (χ3v) is 5.30. The Bertz CT molecular complexity index is 696. The van der Waals surface area contributed by atoms with Crippen molar-refractivity contribution in [1.29, 1.82) is 0 Å². The number of aliphatic hydroxyl groups is 1. The van der Waals surface area contributed by atoms with Crippen molar-refractivity contribution in [3.05, 3.63) is 33.8 Å². The second-order valence-electron chi connectivity index (χ2n) is 5.33. The van der Waals surface area contributed by atoms with Crippen LogP contribution in [0.3, 0.4) is 0 Å². The van der Waals surface area contributed by atoms with Crippen molar-refractivity contribution in [3.63, 3.8) is 0 Å². The Labute approximate surface area is 160 Å². The van der Waals surface area contributed by atoms with Gasteiger partial charge in [-0.05, 0) is 17.7 Å². The molecule has 0 aliphatic carbocycles. The van der Waals surface area contributed by atoms with E-state index in [4.69, 9.17) is 27.9 Å². The molecule has 1 aliphatic heterocycles. The zero-order chi connectivity index (χ0) is 18.0. The van der Waals surface area contributed by atoms with Crippen molar-refractivity contribution in [1.82, 2.24) is 10.0 Å². The molecule has 25 heavy (non-hydrogen) atoms. The van der Waals surface area contributed by atoms with E-state index in [0.717, 1.165) is 0 Å². The van der Waals surface area contributed by atoms with Gasteiger partial charge >= 0.3 is 5.76 Å². The molecule has 0 saturated carbocycles. The van der Waals surface area contributed by atoms with Gasteiger partial charge in [-0.1, -0.05) is 29.3 Å². The third-order valence-electron chi connectivity index (χ3n) is 3.54. The molecule has 1 fully saturated rings. The maximum Gasteiger partial charge on any atom is 0.350 e. The van der Waals surface area contributed by atoms with Gasteiger partial charge in [-0.15, -0.1) is 12.4 Å². The number of halogens is 5. The van der Waals surface area contributed by atoms with Gasteiger partial charge in [0.25, 0.3) is 10.0 Å². The molecule has 2 rings (SSSR count). The first-order valence-electron chi connectivity index (χ1n) is 6.92. The zero-order valence-corrected chi connectivity index (χ0v) is 15.9. The number of hydrogen-bond donors (Lipinski definition) is 3. The lowest BCUT2D eigenvalue weighted by Gasteiger charge is -2.34. The third kappa shape index (κ3) is 5.61. The van der Waals surface area contributed by atoms with Crippen LogP contribution >= 0.6 is 35.6 Å². The molecule has 1 heterocycles. The number of hydrogen-bond acceptors (Lipinski definition) is 5.